The van der Waals surface area contributed by atoms with E-state index in [-0.39, 0.29) is 5.69 Å². The molecule has 84 valence electrons. The van der Waals surface area contributed by atoms with Gasteiger partial charge in [-0.05, 0) is 6.92 Å². The summed E-state index contributed by atoms with van der Waals surface area (Å²) in [4.78, 5) is 10.4. The van der Waals surface area contributed by atoms with Gasteiger partial charge < -0.3 is 5.11 Å². The van der Waals surface area contributed by atoms with Crippen LogP contribution in [0.15, 0.2) is 0 Å². The molecule has 15 heavy (non-hydrogen) atoms. The van der Waals surface area contributed by atoms with E-state index in [0.29, 0.717) is 0 Å². The third-order valence-corrected chi connectivity index (χ3v) is 2.15. The molecule has 1 rings (SSSR count). The number of alkyl halides is 3. The first-order chi connectivity index (χ1) is 6.73. The largest absolute Gasteiger partial charge is 0.563 e. The molecule has 4 nitrogen and oxygen atoms in total. The van der Waals surface area contributed by atoms with Crippen LogP contribution in [0, 0.1) is 6.92 Å². The minimum absolute atomic E-state index is 0.0181. The molecule has 1 aromatic heterocycles. The van der Waals surface area contributed by atoms with Gasteiger partial charge in [0.05, 0.1) is 10.7 Å². The van der Waals surface area contributed by atoms with Crippen LogP contribution in [0.2, 0.25) is 5.02 Å². The Morgan fingerprint density at radius 2 is 2.13 bits per heavy atom. The molecule has 0 saturated heterocycles. The highest BCUT2D eigenvalue weighted by Gasteiger charge is 2.38. The van der Waals surface area contributed by atoms with Crippen LogP contribution in [-0.4, -0.2) is 20.9 Å². The van der Waals surface area contributed by atoms with Crippen molar-refractivity contribution in [2.45, 2.75) is 19.6 Å². The fraction of sp³-hybridized carbons (Fsp3) is 0.429. The number of rotatable bonds is 2. The van der Waals surface area contributed by atoms with E-state index in [2.05, 4.69) is 5.10 Å². The molecule has 0 spiro atoms. The predicted molar refractivity (Wildman–Crippen MR) is 45.6 cm³/mol. The highest BCUT2D eigenvalue weighted by atomic mass is 35.5. The van der Waals surface area contributed by atoms with E-state index in [4.69, 9.17) is 16.7 Å². The zero-order valence-corrected chi connectivity index (χ0v) is 8.28. The van der Waals surface area contributed by atoms with Crippen molar-refractivity contribution in [3.63, 3.8) is 0 Å². The fourth-order valence-electron chi connectivity index (χ4n) is 0.995. The number of halogens is 4. The normalized spacial score (nSPS) is 11.8. The minimum atomic E-state index is -4.65. The van der Waals surface area contributed by atoms with Gasteiger partial charge in [-0.25, -0.2) is 0 Å². The summed E-state index contributed by atoms with van der Waals surface area (Å²) in [6.07, 6.45) is -4.65. The molecule has 0 bridgehead atoms. The minimum Gasteiger partial charge on any atom is -0.563 e. The van der Waals surface area contributed by atoms with Crippen LogP contribution in [0.25, 0.3) is 0 Å². The third kappa shape index (κ3) is 2.41. The Bertz CT molecular complexity index is 400. The summed E-state index contributed by atoms with van der Waals surface area (Å²) in [6, 6.07) is 0. The molecule has 0 fully saturated rings. The van der Waals surface area contributed by atoms with Gasteiger partial charge in [-0.15, -0.1) is 0 Å². The van der Waals surface area contributed by atoms with Gasteiger partial charge in [0.25, 0.3) is 0 Å². The van der Waals surface area contributed by atoms with Crippen molar-refractivity contribution >= 4 is 17.6 Å². The topological polar surface area (TPSA) is 57.8 Å². The molecule has 0 amide bonds. The molecule has 2 N–H and O–H groups in total. The van der Waals surface area contributed by atoms with E-state index in [9.17, 15) is 18.0 Å². The molecule has 0 unspecified atom stereocenters. The van der Waals surface area contributed by atoms with Crippen molar-refractivity contribution in [2.24, 2.45) is 0 Å². The number of hydrogen-bond acceptors (Lipinski definition) is 2. The standard InChI is InChI=1S/C7H6ClF3N2O2/c1-3-5(8)6(7(9,10)11)12-13(3)2-4(14)15/h2H2,1H3,(H,14,15)/p+1. The van der Waals surface area contributed by atoms with Gasteiger partial charge in [-0.3, -0.25) is 4.68 Å². The fourth-order valence-corrected chi connectivity index (χ4v) is 1.24. The number of hydrogen-bond donors (Lipinski definition) is 0. The molecule has 0 aliphatic rings. The second-order valence-corrected chi connectivity index (χ2v) is 3.20. The van der Waals surface area contributed by atoms with E-state index in [1.165, 1.54) is 6.92 Å². The molecule has 0 atom stereocenters. The average Bonchev–Trinajstić information content (AvgIpc) is 2.30. The van der Waals surface area contributed by atoms with E-state index in [1.54, 1.807) is 0 Å². The first kappa shape index (κ1) is 11.8. The number of carbonyl (C=O) groups excluding carboxylic acids is 1. The summed E-state index contributed by atoms with van der Waals surface area (Å²) < 4.78 is 37.6. The Kier molecular flexibility index (Phi) is 2.94. The van der Waals surface area contributed by atoms with Crippen LogP contribution in [0.1, 0.15) is 11.4 Å². The first-order valence-electron chi connectivity index (χ1n) is 3.78. The lowest BCUT2D eigenvalue weighted by Gasteiger charge is -2.00. The highest BCUT2D eigenvalue weighted by Crippen LogP contribution is 2.35. The van der Waals surface area contributed by atoms with E-state index >= 15 is 0 Å². The van der Waals surface area contributed by atoms with Gasteiger partial charge in [0.1, 0.15) is 0 Å². The maximum absolute atomic E-state index is 12.3. The summed E-state index contributed by atoms with van der Waals surface area (Å²) in [5, 5.41) is 9.22. The molecular formula is C7H7ClF3N2O2+. The lowest BCUT2D eigenvalue weighted by molar-refractivity contribution is -0.143. The molecule has 0 aromatic carbocycles. The van der Waals surface area contributed by atoms with Crippen molar-refractivity contribution in [1.29, 1.82) is 0 Å². The average molecular weight is 244 g/mol. The maximum Gasteiger partial charge on any atom is 0.537 e. The molecule has 0 saturated carbocycles. The summed E-state index contributed by atoms with van der Waals surface area (Å²) in [7, 11) is 0. The Hall–Kier alpha value is -1.24. The Morgan fingerprint density at radius 1 is 1.60 bits per heavy atom. The van der Waals surface area contributed by atoms with Crippen molar-refractivity contribution in [3.05, 3.63) is 16.4 Å². The smallest absolute Gasteiger partial charge is 0.537 e. The van der Waals surface area contributed by atoms with Crippen molar-refractivity contribution in [1.82, 2.24) is 9.78 Å². The quantitative estimate of drug-likeness (QED) is 0.731. The van der Waals surface area contributed by atoms with E-state index < -0.39 is 29.4 Å². The summed E-state index contributed by atoms with van der Waals surface area (Å²) >= 11 is 5.41. The zero-order chi connectivity index (χ0) is 11.8. The van der Waals surface area contributed by atoms with E-state index in [1.807, 2.05) is 0 Å². The van der Waals surface area contributed by atoms with Gasteiger partial charge in [0.2, 0.25) is 0 Å². The number of nitrogens with zero attached hydrogens (tertiary/aromatic N) is 2. The third-order valence-electron chi connectivity index (χ3n) is 1.70. The van der Waals surface area contributed by atoms with Gasteiger partial charge >= 0.3 is 12.1 Å². The van der Waals surface area contributed by atoms with Crippen LogP contribution in [0.3, 0.4) is 0 Å². The van der Waals surface area contributed by atoms with Crippen molar-refractivity contribution in [2.75, 3.05) is 0 Å². The summed E-state index contributed by atoms with van der Waals surface area (Å²) in [5.74, 6) is -1.04. The SMILES string of the molecule is Cc1c(Cl)c(C(F)(F)F)nn1CC(=O)[OH2+]. The predicted octanol–water partition coefficient (Wildman–Crippen LogP) is 1.11. The van der Waals surface area contributed by atoms with Crippen LogP contribution in [-0.2, 0) is 17.5 Å². The Labute approximate surface area is 87.3 Å². The molecule has 0 aliphatic heterocycles. The van der Waals surface area contributed by atoms with Gasteiger partial charge in [-0.2, -0.15) is 18.3 Å². The lowest BCUT2D eigenvalue weighted by atomic mass is 10.3. The Balaban J connectivity index is 3.18. The summed E-state index contributed by atoms with van der Waals surface area (Å²) in [6.45, 7) is 0.759. The first-order valence-corrected chi connectivity index (χ1v) is 4.16. The molecule has 8 heteroatoms. The van der Waals surface area contributed by atoms with Crippen LogP contribution in [0.5, 0.6) is 0 Å². The molecule has 1 aromatic rings. The van der Waals surface area contributed by atoms with Crippen LogP contribution >= 0.6 is 11.6 Å². The summed E-state index contributed by atoms with van der Waals surface area (Å²) in [5.41, 5.74) is -1.22. The highest BCUT2D eigenvalue weighted by molar-refractivity contribution is 6.31. The molecule has 0 radical (unpaired) electrons. The molecule has 1 heterocycles. The van der Waals surface area contributed by atoms with Crippen LogP contribution < -0.4 is 0 Å². The monoisotopic (exact) mass is 243 g/mol. The lowest BCUT2D eigenvalue weighted by Crippen LogP contribution is -2.13. The number of carbonyl (C=O) groups is 1. The molecular weight excluding hydrogens is 237 g/mol. The van der Waals surface area contributed by atoms with Crippen LogP contribution in [0.4, 0.5) is 13.2 Å². The number of aromatic nitrogens is 2. The van der Waals surface area contributed by atoms with Gasteiger partial charge in [0.15, 0.2) is 12.2 Å². The second kappa shape index (κ2) is 3.73. The molecule has 0 aliphatic carbocycles. The zero-order valence-electron chi connectivity index (χ0n) is 7.52. The van der Waals surface area contributed by atoms with E-state index in [0.717, 1.165) is 4.68 Å². The maximum atomic E-state index is 12.3. The van der Waals surface area contributed by atoms with Crippen molar-refractivity contribution < 1.29 is 23.1 Å². The second-order valence-electron chi connectivity index (χ2n) is 2.83. The Morgan fingerprint density at radius 3 is 2.47 bits per heavy atom. The van der Waals surface area contributed by atoms with Gasteiger partial charge in [0, 0.05) is 4.79 Å². The van der Waals surface area contributed by atoms with Gasteiger partial charge in [-0.1, -0.05) is 11.6 Å². The van der Waals surface area contributed by atoms with Crippen molar-refractivity contribution in [3.8, 4) is 0 Å².